The quantitative estimate of drug-likeness (QED) is 0.199. The molecule has 1 aromatic heterocycles. The summed E-state index contributed by atoms with van der Waals surface area (Å²) in [6.07, 6.45) is -8.58. The first kappa shape index (κ1) is 26.4. The molecule has 0 aliphatic carbocycles. The maximum absolute atomic E-state index is 13.8. The lowest BCUT2D eigenvalue weighted by atomic mass is 9.97. The van der Waals surface area contributed by atoms with Gasteiger partial charge in [0.05, 0.1) is 16.6 Å². The van der Waals surface area contributed by atoms with Crippen molar-refractivity contribution in [1.82, 2.24) is 15.3 Å². The monoisotopic (exact) mass is 518 g/mol. The normalized spacial score (nSPS) is 12.2. The molecule has 1 heterocycles. The highest BCUT2D eigenvalue weighted by Gasteiger charge is 2.33. The number of hydrogen-bond donors (Lipinski definition) is 2. The molecule has 0 aliphatic rings. The molecular formula is C27H24F6N4. The van der Waals surface area contributed by atoms with Crippen LogP contribution in [0.4, 0.5) is 32.2 Å². The number of fused-ring (bicyclic) bond motifs is 1. The van der Waals surface area contributed by atoms with E-state index in [0.29, 0.717) is 17.9 Å². The van der Waals surface area contributed by atoms with Crippen LogP contribution in [0.5, 0.6) is 0 Å². The fourth-order valence-electron chi connectivity index (χ4n) is 3.99. The number of nitrogens with one attached hydrogen (secondary N) is 2. The standard InChI is InChI=1S/C27H24F6N4/c1-16-6-3-9-22-23(16)36-24(37-25(22)35-11-5-10-34-2)19-12-18(14-21(15-19)27(31,32)33)17-7-4-8-20(13-17)26(28,29)30/h3-4,6-9,12-15,34H,5,10-11H2,1-2H3,(H,35,36,37). The summed E-state index contributed by atoms with van der Waals surface area (Å²) in [4.78, 5) is 9.09. The first-order valence-corrected chi connectivity index (χ1v) is 11.5. The Bertz CT molecular complexity index is 1410. The number of hydrogen-bond acceptors (Lipinski definition) is 4. The summed E-state index contributed by atoms with van der Waals surface area (Å²) in [6.45, 7) is 3.17. The number of aromatic nitrogens is 2. The SMILES string of the molecule is CNCCCNc1nc(-c2cc(-c3cccc(C(F)(F)F)c3)cc(C(F)(F)F)c2)nc2c(C)cccc12. The molecule has 4 nitrogen and oxygen atoms in total. The topological polar surface area (TPSA) is 49.8 Å². The lowest BCUT2D eigenvalue weighted by Gasteiger charge is -2.15. The molecule has 10 heteroatoms. The van der Waals surface area contributed by atoms with Gasteiger partial charge in [0.15, 0.2) is 5.82 Å². The summed E-state index contributed by atoms with van der Waals surface area (Å²) < 4.78 is 81.3. The van der Waals surface area contributed by atoms with Crippen LogP contribution in [-0.4, -0.2) is 30.1 Å². The van der Waals surface area contributed by atoms with Crippen LogP contribution in [0.3, 0.4) is 0 Å². The maximum Gasteiger partial charge on any atom is 0.416 e. The van der Waals surface area contributed by atoms with Gasteiger partial charge < -0.3 is 10.6 Å². The molecule has 0 aliphatic heterocycles. The first-order valence-electron chi connectivity index (χ1n) is 11.5. The van der Waals surface area contributed by atoms with Crippen LogP contribution < -0.4 is 10.6 Å². The van der Waals surface area contributed by atoms with Gasteiger partial charge in [-0.3, -0.25) is 0 Å². The summed E-state index contributed by atoms with van der Waals surface area (Å²) in [6, 6.07) is 12.9. The van der Waals surface area contributed by atoms with Crippen molar-refractivity contribution in [3.05, 3.63) is 77.4 Å². The van der Waals surface area contributed by atoms with Crippen molar-refractivity contribution in [2.45, 2.75) is 25.7 Å². The first-order chi connectivity index (χ1) is 17.5. The maximum atomic E-state index is 13.8. The second-order valence-electron chi connectivity index (χ2n) is 8.63. The lowest BCUT2D eigenvalue weighted by molar-refractivity contribution is -0.138. The average molecular weight is 519 g/mol. The van der Waals surface area contributed by atoms with Crippen molar-refractivity contribution < 1.29 is 26.3 Å². The predicted octanol–water partition coefficient (Wildman–Crippen LogP) is 7.33. The van der Waals surface area contributed by atoms with Gasteiger partial charge in [0, 0.05) is 17.5 Å². The van der Waals surface area contributed by atoms with E-state index in [9.17, 15) is 26.3 Å². The fourth-order valence-corrected chi connectivity index (χ4v) is 3.99. The highest BCUT2D eigenvalue weighted by atomic mass is 19.4. The molecule has 0 fully saturated rings. The van der Waals surface area contributed by atoms with Crippen LogP contribution in [0.25, 0.3) is 33.4 Å². The van der Waals surface area contributed by atoms with E-state index >= 15 is 0 Å². The molecule has 0 radical (unpaired) electrons. The number of nitrogens with zero attached hydrogens (tertiary/aromatic N) is 2. The number of benzene rings is 3. The van der Waals surface area contributed by atoms with E-state index in [2.05, 4.69) is 20.6 Å². The number of rotatable bonds is 7. The minimum atomic E-state index is -4.73. The Morgan fingerprint density at radius 1 is 0.730 bits per heavy atom. The zero-order chi connectivity index (χ0) is 26.8. The van der Waals surface area contributed by atoms with Gasteiger partial charge in [-0.1, -0.05) is 24.3 Å². The van der Waals surface area contributed by atoms with Gasteiger partial charge in [0.2, 0.25) is 0 Å². The molecule has 3 aromatic carbocycles. The third-order valence-electron chi connectivity index (χ3n) is 5.87. The van der Waals surface area contributed by atoms with Gasteiger partial charge in [-0.05, 0) is 80.0 Å². The molecule has 4 aromatic rings. The number of alkyl halides is 6. The Labute approximate surface area is 209 Å². The van der Waals surface area contributed by atoms with Crippen molar-refractivity contribution >= 4 is 16.7 Å². The van der Waals surface area contributed by atoms with Crippen LogP contribution in [0.15, 0.2) is 60.7 Å². The smallest absolute Gasteiger partial charge is 0.369 e. The van der Waals surface area contributed by atoms with Crippen molar-refractivity contribution in [1.29, 1.82) is 0 Å². The molecule has 0 spiro atoms. The van der Waals surface area contributed by atoms with Crippen molar-refractivity contribution in [2.24, 2.45) is 0 Å². The zero-order valence-corrected chi connectivity index (χ0v) is 20.1. The molecular weight excluding hydrogens is 494 g/mol. The summed E-state index contributed by atoms with van der Waals surface area (Å²) in [7, 11) is 1.83. The van der Waals surface area contributed by atoms with Gasteiger partial charge >= 0.3 is 12.4 Å². The molecule has 37 heavy (non-hydrogen) atoms. The third-order valence-corrected chi connectivity index (χ3v) is 5.87. The van der Waals surface area contributed by atoms with E-state index in [1.807, 2.05) is 32.2 Å². The highest BCUT2D eigenvalue weighted by Crippen LogP contribution is 2.38. The van der Waals surface area contributed by atoms with Gasteiger partial charge in [0.25, 0.3) is 0 Å². The molecule has 0 bridgehead atoms. The number of halogens is 6. The van der Waals surface area contributed by atoms with E-state index in [-0.39, 0.29) is 22.5 Å². The van der Waals surface area contributed by atoms with Gasteiger partial charge in [0.1, 0.15) is 5.82 Å². The Kier molecular flexibility index (Phi) is 7.40. The Hall–Kier alpha value is -3.66. The molecule has 0 saturated heterocycles. The Balaban J connectivity index is 1.89. The van der Waals surface area contributed by atoms with Crippen LogP contribution in [0, 0.1) is 6.92 Å². The van der Waals surface area contributed by atoms with E-state index in [0.717, 1.165) is 48.2 Å². The second kappa shape index (κ2) is 10.4. The average Bonchev–Trinajstić information content (AvgIpc) is 2.85. The summed E-state index contributed by atoms with van der Waals surface area (Å²) in [5, 5.41) is 7.00. The summed E-state index contributed by atoms with van der Waals surface area (Å²) in [5.41, 5.74) is -0.543. The fraction of sp³-hybridized carbons (Fsp3) is 0.259. The van der Waals surface area contributed by atoms with Crippen LogP contribution in [-0.2, 0) is 12.4 Å². The number of anilines is 1. The van der Waals surface area contributed by atoms with E-state index < -0.39 is 23.5 Å². The summed E-state index contributed by atoms with van der Waals surface area (Å²) in [5.74, 6) is 0.509. The summed E-state index contributed by atoms with van der Waals surface area (Å²) >= 11 is 0. The van der Waals surface area contributed by atoms with Crippen LogP contribution >= 0.6 is 0 Å². The largest absolute Gasteiger partial charge is 0.416 e. The third kappa shape index (κ3) is 6.02. The van der Waals surface area contributed by atoms with Crippen LogP contribution in [0.1, 0.15) is 23.1 Å². The van der Waals surface area contributed by atoms with E-state index in [4.69, 9.17) is 0 Å². The molecule has 2 N–H and O–H groups in total. The molecule has 0 amide bonds. The van der Waals surface area contributed by atoms with E-state index in [1.165, 1.54) is 18.2 Å². The lowest BCUT2D eigenvalue weighted by Crippen LogP contribution is -2.14. The second-order valence-corrected chi connectivity index (χ2v) is 8.63. The number of aryl methyl sites for hydroxylation is 1. The molecule has 0 saturated carbocycles. The number of para-hydroxylation sites is 1. The van der Waals surface area contributed by atoms with Gasteiger partial charge in [-0.2, -0.15) is 26.3 Å². The van der Waals surface area contributed by atoms with Crippen molar-refractivity contribution in [2.75, 3.05) is 25.5 Å². The van der Waals surface area contributed by atoms with E-state index in [1.54, 1.807) is 0 Å². The minimum Gasteiger partial charge on any atom is -0.369 e. The van der Waals surface area contributed by atoms with Crippen LogP contribution in [0.2, 0.25) is 0 Å². The molecule has 194 valence electrons. The Morgan fingerprint density at radius 3 is 2.11 bits per heavy atom. The van der Waals surface area contributed by atoms with Crippen molar-refractivity contribution in [3.63, 3.8) is 0 Å². The van der Waals surface area contributed by atoms with Gasteiger partial charge in [-0.15, -0.1) is 0 Å². The predicted molar refractivity (Wildman–Crippen MR) is 132 cm³/mol. The van der Waals surface area contributed by atoms with Gasteiger partial charge in [-0.25, -0.2) is 9.97 Å². The van der Waals surface area contributed by atoms with Crippen molar-refractivity contribution in [3.8, 4) is 22.5 Å². The zero-order valence-electron chi connectivity index (χ0n) is 20.1. The highest BCUT2D eigenvalue weighted by molar-refractivity contribution is 5.92. The molecule has 0 unspecified atom stereocenters. The Morgan fingerprint density at radius 2 is 1.41 bits per heavy atom. The molecule has 0 atom stereocenters. The molecule has 4 rings (SSSR count). The minimum absolute atomic E-state index is 0.00422.